The first-order chi connectivity index (χ1) is 6.84. The molecule has 0 aromatic carbocycles. The SMILES string of the molecule is Cc1ccnc(S[C@H]2CCCNC2)n1. The van der Waals surface area contributed by atoms with Crippen LogP contribution in [0, 0.1) is 6.92 Å². The van der Waals surface area contributed by atoms with Gasteiger partial charge in [-0.15, -0.1) is 0 Å². The van der Waals surface area contributed by atoms with Crippen LogP contribution >= 0.6 is 11.8 Å². The monoisotopic (exact) mass is 209 g/mol. The van der Waals surface area contributed by atoms with E-state index < -0.39 is 0 Å². The number of rotatable bonds is 2. The Labute approximate surface area is 88.7 Å². The van der Waals surface area contributed by atoms with Gasteiger partial charge in [0.05, 0.1) is 0 Å². The zero-order valence-corrected chi connectivity index (χ0v) is 9.18. The van der Waals surface area contributed by atoms with Crippen molar-refractivity contribution in [2.24, 2.45) is 0 Å². The summed E-state index contributed by atoms with van der Waals surface area (Å²) in [5, 5.41) is 4.95. The Hall–Kier alpha value is -0.610. The number of piperidine rings is 1. The van der Waals surface area contributed by atoms with E-state index in [1.54, 1.807) is 11.8 Å². The molecule has 1 atom stereocenters. The Morgan fingerprint density at radius 1 is 1.57 bits per heavy atom. The smallest absolute Gasteiger partial charge is 0.188 e. The Bertz CT molecular complexity index is 297. The molecule has 0 saturated carbocycles. The average Bonchev–Trinajstić information content (AvgIpc) is 2.19. The van der Waals surface area contributed by atoms with Gasteiger partial charge < -0.3 is 5.32 Å². The second-order valence-corrected chi connectivity index (χ2v) is 4.83. The number of thioether (sulfide) groups is 1. The number of hydrogen-bond acceptors (Lipinski definition) is 4. The van der Waals surface area contributed by atoms with Crippen LogP contribution in [0.25, 0.3) is 0 Å². The lowest BCUT2D eigenvalue weighted by Crippen LogP contribution is -2.31. The van der Waals surface area contributed by atoms with Crippen LogP contribution in [0.1, 0.15) is 18.5 Å². The number of hydrogen-bond donors (Lipinski definition) is 1. The number of aromatic nitrogens is 2. The number of nitrogens with one attached hydrogen (secondary N) is 1. The lowest BCUT2D eigenvalue weighted by Gasteiger charge is -2.21. The van der Waals surface area contributed by atoms with Gasteiger partial charge >= 0.3 is 0 Å². The zero-order valence-electron chi connectivity index (χ0n) is 8.36. The van der Waals surface area contributed by atoms with E-state index in [-0.39, 0.29) is 0 Å². The second-order valence-electron chi connectivity index (χ2n) is 3.57. The normalized spacial score (nSPS) is 22.2. The molecule has 0 radical (unpaired) electrons. The Morgan fingerprint density at radius 2 is 2.50 bits per heavy atom. The molecular formula is C10H15N3S. The van der Waals surface area contributed by atoms with Crippen LogP contribution in [-0.2, 0) is 0 Å². The molecule has 4 heteroatoms. The van der Waals surface area contributed by atoms with Crippen molar-refractivity contribution in [3.63, 3.8) is 0 Å². The van der Waals surface area contributed by atoms with E-state index in [0.717, 1.165) is 23.9 Å². The van der Waals surface area contributed by atoms with Crippen molar-refractivity contribution in [1.29, 1.82) is 0 Å². The van der Waals surface area contributed by atoms with E-state index in [0.29, 0.717) is 5.25 Å². The molecule has 14 heavy (non-hydrogen) atoms. The summed E-state index contributed by atoms with van der Waals surface area (Å²) in [6.45, 7) is 4.25. The third kappa shape index (κ3) is 2.69. The minimum Gasteiger partial charge on any atom is -0.316 e. The van der Waals surface area contributed by atoms with Crippen LogP contribution in [0.15, 0.2) is 17.4 Å². The van der Waals surface area contributed by atoms with Gasteiger partial charge in [-0.1, -0.05) is 11.8 Å². The molecule has 1 aliphatic rings. The summed E-state index contributed by atoms with van der Waals surface area (Å²) in [5.74, 6) is 0. The van der Waals surface area contributed by atoms with Crippen molar-refractivity contribution >= 4 is 11.8 Å². The van der Waals surface area contributed by atoms with Crippen LogP contribution in [0.5, 0.6) is 0 Å². The van der Waals surface area contributed by atoms with E-state index in [9.17, 15) is 0 Å². The van der Waals surface area contributed by atoms with Gasteiger partial charge in [-0.05, 0) is 32.4 Å². The molecule has 2 rings (SSSR count). The van der Waals surface area contributed by atoms with Crippen LogP contribution in [0.4, 0.5) is 0 Å². The molecule has 1 fully saturated rings. The maximum atomic E-state index is 4.39. The van der Waals surface area contributed by atoms with Crippen LogP contribution in [0.2, 0.25) is 0 Å². The van der Waals surface area contributed by atoms with E-state index in [1.807, 2.05) is 19.2 Å². The highest BCUT2D eigenvalue weighted by Gasteiger charge is 2.15. The van der Waals surface area contributed by atoms with Gasteiger partial charge in [-0.25, -0.2) is 9.97 Å². The van der Waals surface area contributed by atoms with Gasteiger partial charge in [0, 0.05) is 23.7 Å². The van der Waals surface area contributed by atoms with Gasteiger partial charge in [-0.3, -0.25) is 0 Å². The maximum Gasteiger partial charge on any atom is 0.188 e. The molecule has 1 N–H and O–H groups in total. The average molecular weight is 209 g/mol. The highest BCUT2D eigenvalue weighted by Crippen LogP contribution is 2.23. The highest BCUT2D eigenvalue weighted by atomic mass is 32.2. The van der Waals surface area contributed by atoms with E-state index in [4.69, 9.17) is 0 Å². The first-order valence-electron chi connectivity index (χ1n) is 5.01. The van der Waals surface area contributed by atoms with Crippen molar-refractivity contribution in [1.82, 2.24) is 15.3 Å². The first kappa shape index (κ1) is 9.93. The van der Waals surface area contributed by atoms with Gasteiger partial charge in [0.25, 0.3) is 0 Å². The topological polar surface area (TPSA) is 37.8 Å². The predicted molar refractivity (Wildman–Crippen MR) is 58.5 cm³/mol. The summed E-state index contributed by atoms with van der Waals surface area (Å²) in [6.07, 6.45) is 4.37. The predicted octanol–water partition coefficient (Wildman–Crippen LogP) is 1.63. The summed E-state index contributed by atoms with van der Waals surface area (Å²) >= 11 is 1.79. The lowest BCUT2D eigenvalue weighted by molar-refractivity contribution is 0.530. The maximum absolute atomic E-state index is 4.39. The molecule has 1 saturated heterocycles. The third-order valence-corrected chi connectivity index (χ3v) is 3.44. The van der Waals surface area contributed by atoms with Crippen LogP contribution in [0.3, 0.4) is 0 Å². The summed E-state index contributed by atoms with van der Waals surface area (Å²) in [5.41, 5.74) is 1.05. The quantitative estimate of drug-likeness (QED) is 0.751. The van der Waals surface area contributed by atoms with Crippen molar-refractivity contribution < 1.29 is 0 Å². The van der Waals surface area contributed by atoms with Crippen molar-refractivity contribution in [3.8, 4) is 0 Å². The third-order valence-electron chi connectivity index (χ3n) is 2.30. The molecule has 1 aromatic rings. The molecule has 0 unspecified atom stereocenters. The molecule has 0 amide bonds. The molecular weight excluding hydrogens is 194 g/mol. The number of aryl methyl sites for hydroxylation is 1. The highest BCUT2D eigenvalue weighted by molar-refractivity contribution is 7.99. The molecule has 2 heterocycles. The van der Waals surface area contributed by atoms with Gasteiger partial charge in [0.1, 0.15) is 0 Å². The first-order valence-corrected chi connectivity index (χ1v) is 5.89. The molecule has 1 aliphatic heterocycles. The largest absolute Gasteiger partial charge is 0.316 e. The summed E-state index contributed by atoms with van der Waals surface area (Å²) in [4.78, 5) is 8.65. The minimum atomic E-state index is 0.644. The van der Waals surface area contributed by atoms with Gasteiger partial charge in [0.15, 0.2) is 5.16 Å². The fourth-order valence-corrected chi connectivity index (χ4v) is 2.65. The summed E-state index contributed by atoms with van der Waals surface area (Å²) < 4.78 is 0. The fraction of sp³-hybridized carbons (Fsp3) is 0.600. The van der Waals surface area contributed by atoms with Crippen LogP contribution in [-0.4, -0.2) is 28.3 Å². The standard InChI is InChI=1S/C10H15N3S/c1-8-4-6-12-10(13-8)14-9-3-2-5-11-7-9/h4,6,9,11H,2-3,5,7H2,1H3/t9-/m0/s1. The number of nitrogens with zero attached hydrogens (tertiary/aromatic N) is 2. The van der Waals surface area contributed by atoms with Gasteiger partial charge in [0.2, 0.25) is 0 Å². The van der Waals surface area contributed by atoms with Crippen molar-refractivity contribution in [2.45, 2.75) is 30.2 Å². The second kappa shape index (κ2) is 4.75. The Balaban J connectivity index is 1.95. The minimum absolute atomic E-state index is 0.644. The van der Waals surface area contributed by atoms with Crippen molar-refractivity contribution in [3.05, 3.63) is 18.0 Å². The Kier molecular flexibility index (Phi) is 3.37. The Morgan fingerprint density at radius 3 is 3.21 bits per heavy atom. The van der Waals surface area contributed by atoms with E-state index >= 15 is 0 Å². The zero-order chi connectivity index (χ0) is 9.80. The lowest BCUT2D eigenvalue weighted by atomic mass is 10.2. The van der Waals surface area contributed by atoms with E-state index in [2.05, 4.69) is 15.3 Å². The molecule has 0 bridgehead atoms. The van der Waals surface area contributed by atoms with E-state index in [1.165, 1.54) is 12.8 Å². The molecule has 1 aromatic heterocycles. The fourth-order valence-electron chi connectivity index (χ4n) is 1.55. The summed E-state index contributed by atoms with van der Waals surface area (Å²) in [7, 11) is 0. The molecule has 3 nitrogen and oxygen atoms in total. The summed E-state index contributed by atoms with van der Waals surface area (Å²) in [6, 6.07) is 1.93. The molecule has 0 aliphatic carbocycles. The molecule has 0 spiro atoms. The van der Waals surface area contributed by atoms with Gasteiger partial charge in [-0.2, -0.15) is 0 Å². The van der Waals surface area contributed by atoms with Crippen LogP contribution < -0.4 is 5.32 Å². The molecule has 76 valence electrons. The van der Waals surface area contributed by atoms with Crippen molar-refractivity contribution in [2.75, 3.05) is 13.1 Å².